The Balaban J connectivity index is 1.47. The average molecular weight is 502 g/mol. The number of nitrogens with zero attached hydrogens (tertiary/aromatic N) is 3. The second-order valence-electron chi connectivity index (χ2n) is 8.14. The van der Waals surface area contributed by atoms with Gasteiger partial charge >= 0.3 is 0 Å². The number of carbonyl (C=O) groups is 2. The maximum atomic E-state index is 12.6. The predicted octanol–water partition coefficient (Wildman–Crippen LogP) is 4.55. The Hall–Kier alpha value is -4.11. The highest BCUT2D eigenvalue weighted by molar-refractivity contribution is 7.99. The Kier molecular flexibility index (Phi) is 8.02. The number of ether oxygens (including phenoxy) is 1. The molecule has 1 heterocycles. The van der Waals surface area contributed by atoms with Crippen molar-refractivity contribution in [2.24, 2.45) is 0 Å². The Morgan fingerprint density at radius 1 is 0.972 bits per heavy atom. The molecule has 0 unspecified atom stereocenters. The lowest BCUT2D eigenvalue weighted by molar-refractivity contribution is -0.113. The number of hydrogen-bond acceptors (Lipinski definition) is 6. The van der Waals surface area contributed by atoms with Crippen molar-refractivity contribution in [1.29, 1.82) is 0 Å². The molecule has 4 rings (SSSR count). The number of para-hydroxylation sites is 1. The second kappa shape index (κ2) is 11.5. The first-order valence-electron chi connectivity index (χ1n) is 11.4. The number of amides is 2. The Bertz CT molecular complexity index is 1350. The highest BCUT2D eigenvalue weighted by atomic mass is 32.2. The van der Waals surface area contributed by atoms with Crippen molar-refractivity contribution < 1.29 is 14.3 Å². The number of rotatable bonds is 9. The van der Waals surface area contributed by atoms with E-state index in [0.717, 1.165) is 22.5 Å². The zero-order valence-electron chi connectivity index (χ0n) is 20.3. The van der Waals surface area contributed by atoms with Gasteiger partial charge in [-0.05, 0) is 61.9 Å². The Labute approximate surface area is 214 Å². The van der Waals surface area contributed by atoms with Gasteiger partial charge in [0.2, 0.25) is 5.91 Å². The summed E-state index contributed by atoms with van der Waals surface area (Å²) in [5.41, 5.74) is 4.29. The molecule has 0 bridgehead atoms. The summed E-state index contributed by atoms with van der Waals surface area (Å²) in [6.07, 6.45) is 0. The molecule has 0 saturated heterocycles. The Morgan fingerprint density at radius 2 is 1.72 bits per heavy atom. The summed E-state index contributed by atoms with van der Waals surface area (Å²) in [6.45, 7) is 4.15. The molecule has 0 fully saturated rings. The van der Waals surface area contributed by atoms with Gasteiger partial charge in [0.25, 0.3) is 5.91 Å². The summed E-state index contributed by atoms with van der Waals surface area (Å²) in [5.74, 6) is 1.03. The van der Waals surface area contributed by atoms with E-state index in [0.29, 0.717) is 22.3 Å². The molecule has 0 saturated carbocycles. The normalized spacial score (nSPS) is 10.6. The minimum atomic E-state index is -0.234. The fraction of sp³-hybridized carbons (Fsp3) is 0.185. The van der Waals surface area contributed by atoms with Crippen LogP contribution in [0.1, 0.15) is 27.3 Å². The molecular formula is C27H27N5O3S. The summed E-state index contributed by atoms with van der Waals surface area (Å²) in [6, 6.07) is 22.4. The number of anilines is 1. The van der Waals surface area contributed by atoms with E-state index in [1.165, 1.54) is 11.8 Å². The minimum Gasteiger partial charge on any atom is -0.497 e. The van der Waals surface area contributed by atoms with E-state index in [1.807, 2.05) is 66.9 Å². The monoisotopic (exact) mass is 501 g/mol. The van der Waals surface area contributed by atoms with Gasteiger partial charge in [0.1, 0.15) is 5.75 Å². The van der Waals surface area contributed by atoms with Crippen LogP contribution in [0.5, 0.6) is 5.75 Å². The predicted molar refractivity (Wildman–Crippen MR) is 141 cm³/mol. The highest BCUT2D eigenvalue weighted by Gasteiger charge is 2.17. The number of thioether (sulfide) groups is 1. The van der Waals surface area contributed by atoms with Gasteiger partial charge in [0.15, 0.2) is 11.0 Å². The molecule has 0 aliphatic rings. The molecule has 3 aromatic carbocycles. The maximum absolute atomic E-state index is 12.6. The third kappa shape index (κ3) is 6.11. The Morgan fingerprint density at radius 3 is 2.42 bits per heavy atom. The molecule has 2 amide bonds. The number of methoxy groups -OCH3 is 1. The smallest absolute Gasteiger partial charge is 0.251 e. The molecule has 0 atom stereocenters. The van der Waals surface area contributed by atoms with Crippen molar-refractivity contribution in [3.05, 3.63) is 95.3 Å². The number of aryl methyl sites for hydroxylation is 2. The molecule has 4 aromatic rings. The first-order chi connectivity index (χ1) is 17.4. The molecule has 0 spiro atoms. The lowest BCUT2D eigenvalue weighted by atomic mass is 10.1. The number of carbonyl (C=O) groups excluding carboxylic acids is 2. The number of aromatic nitrogens is 3. The van der Waals surface area contributed by atoms with E-state index in [1.54, 1.807) is 31.4 Å². The van der Waals surface area contributed by atoms with Crippen LogP contribution in [-0.4, -0.2) is 39.4 Å². The zero-order valence-corrected chi connectivity index (χ0v) is 21.1. The fourth-order valence-electron chi connectivity index (χ4n) is 3.62. The van der Waals surface area contributed by atoms with Crippen molar-refractivity contribution in [3.8, 4) is 11.4 Å². The van der Waals surface area contributed by atoms with Crippen molar-refractivity contribution in [2.75, 3.05) is 18.2 Å². The summed E-state index contributed by atoms with van der Waals surface area (Å²) >= 11 is 1.28. The van der Waals surface area contributed by atoms with Crippen molar-refractivity contribution in [3.63, 3.8) is 0 Å². The molecule has 0 aliphatic carbocycles. The third-order valence-corrected chi connectivity index (χ3v) is 6.39. The maximum Gasteiger partial charge on any atom is 0.251 e. The summed E-state index contributed by atoms with van der Waals surface area (Å²) in [4.78, 5) is 25.3. The molecule has 2 N–H and O–H groups in total. The van der Waals surface area contributed by atoms with Crippen LogP contribution in [0.2, 0.25) is 0 Å². The lowest BCUT2D eigenvalue weighted by Crippen LogP contribution is -2.24. The van der Waals surface area contributed by atoms with Gasteiger partial charge in [-0.3, -0.25) is 14.2 Å². The number of benzene rings is 3. The number of nitrogens with one attached hydrogen (secondary N) is 2. The summed E-state index contributed by atoms with van der Waals surface area (Å²) in [7, 11) is 1.58. The lowest BCUT2D eigenvalue weighted by Gasteiger charge is -2.12. The van der Waals surface area contributed by atoms with E-state index in [9.17, 15) is 9.59 Å². The molecule has 9 heteroatoms. The van der Waals surface area contributed by atoms with Crippen LogP contribution in [0.3, 0.4) is 0 Å². The molecule has 0 radical (unpaired) electrons. The van der Waals surface area contributed by atoms with Gasteiger partial charge in [-0.2, -0.15) is 0 Å². The van der Waals surface area contributed by atoms with Crippen LogP contribution in [0.15, 0.2) is 78.0 Å². The highest BCUT2D eigenvalue weighted by Crippen LogP contribution is 2.23. The molecule has 36 heavy (non-hydrogen) atoms. The first kappa shape index (κ1) is 25.0. The molecular weight excluding hydrogens is 474 g/mol. The summed E-state index contributed by atoms with van der Waals surface area (Å²) in [5, 5.41) is 15.0. The van der Waals surface area contributed by atoms with Crippen molar-refractivity contribution in [1.82, 2.24) is 20.1 Å². The van der Waals surface area contributed by atoms with Crippen LogP contribution in [0, 0.1) is 13.8 Å². The van der Waals surface area contributed by atoms with Crippen molar-refractivity contribution in [2.45, 2.75) is 25.5 Å². The quantitative estimate of drug-likeness (QED) is 0.327. The first-order valence-corrected chi connectivity index (χ1v) is 12.3. The van der Waals surface area contributed by atoms with E-state index in [4.69, 9.17) is 4.74 Å². The van der Waals surface area contributed by atoms with Gasteiger partial charge in [0, 0.05) is 16.9 Å². The molecule has 0 aliphatic heterocycles. The number of hydrogen-bond donors (Lipinski definition) is 2. The van der Waals surface area contributed by atoms with Crippen molar-refractivity contribution >= 4 is 29.3 Å². The third-order valence-electron chi connectivity index (χ3n) is 5.46. The van der Waals surface area contributed by atoms with E-state index >= 15 is 0 Å². The van der Waals surface area contributed by atoms with Gasteiger partial charge in [0.05, 0.1) is 19.4 Å². The summed E-state index contributed by atoms with van der Waals surface area (Å²) < 4.78 is 7.00. The van der Waals surface area contributed by atoms with E-state index in [2.05, 4.69) is 20.8 Å². The van der Waals surface area contributed by atoms with Crippen LogP contribution in [0.4, 0.5) is 5.69 Å². The standard InChI is InChI=1S/C27H27N5O3S/c1-18-9-14-23(19(2)15-18)29-25(33)17-36-27-31-30-24(32(27)21-7-5-4-6-8-21)16-28-26(34)20-10-12-22(35-3)13-11-20/h4-15H,16-17H2,1-3H3,(H,28,34)(H,29,33). The van der Waals surface area contributed by atoms with Crippen LogP contribution in [-0.2, 0) is 11.3 Å². The molecule has 184 valence electrons. The van der Waals surface area contributed by atoms with Gasteiger partial charge in [-0.1, -0.05) is 47.7 Å². The molecule has 8 nitrogen and oxygen atoms in total. The second-order valence-corrected chi connectivity index (χ2v) is 9.08. The van der Waals surface area contributed by atoms with Gasteiger partial charge < -0.3 is 15.4 Å². The largest absolute Gasteiger partial charge is 0.497 e. The van der Waals surface area contributed by atoms with E-state index in [-0.39, 0.29) is 24.1 Å². The van der Waals surface area contributed by atoms with E-state index < -0.39 is 0 Å². The molecule has 1 aromatic heterocycles. The SMILES string of the molecule is COc1ccc(C(=O)NCc2nnc(SCC(=O)Nc3ccc(C)cc3C)n2-c2ccccc2)cc1. The topological polar surface area (TPSA) is 98.1 Å². The van der Waals surface area contributed by atoms with Crippen LogP contribution in [0.25, 0.3) is 5.69 Å². The fourth-order valence-corrected chi connectivity index (χ4v) is 4.39. The minimum absolute atomic E-state index is 0.135. The van der Waals surface area contributed by atoms with Crippen LogP contribution >= 0.6 is 11.8 Å². The van der Waals surface area contributed by atoms with Gasteiger partial charge in [-0.15, -0.1) is 10.2 Å². The van der Waals surface area contributed by atoms with Gasteiger partial charge in [-0.25, -0.2) is 0 Å². The average Bonchev–Trinajstić information content (AvgIpc) is 3.31. The zero-order chi connectivity index (χ0) is 25.5. The van der Waals surface area contributed by atoms with Crippen LogP contribution < -0.4 is 15.4 Å².